The van der Waals surface area contributed by atoms with Crippen LogP contribution >= 0.6 is 15.9 Å². The van der Waals surface area contributed by atoms with Crippen molar-refractivity contribution >= 4 is 27.7 Å². The van der Waals surface area contributed by atoms with E-state index in [1.165, 1.54) is 4.90 Å². The van der Waals surface area contributed by atoms with Crippen molar-refractivity contribution in [2.45, 2.75) is 13.1 Å². The fourth-order valence-electron chi connectivity index (χ4n) is 3.31. The number of rotatable bonds is 9. The summed E-state index contributed by atoms with van der Waals surface area (Å²) in [6.07, 6.45) is 3.60. The average molecular weight is 480 g/mol. The van der Waals surface area contributed by atoms with Gasteiger partial charge in [0.15, 0.2) is 0 Å². The number of hydrogen-bond acceptors (Lipinski definition) is 2. The summed E-state index contributed by atoms with van der Waals surface area (Å²) in [7, 11) is 1.96. The summed E-state index contributed by atoms with van der Waals surface area (Å²) in [4.78, 5) is 29.7. The van der Waals surface area contributed by atoms with Gasteiger partial charge in [0.05, 0.1) is 6.54 Å². The highest BCUT2D eigenvalue weighted by Crippen LogP contribution is 2.15. The summed E-state index contributed by atoms with van der Waals surface area (Å²) < 4.78 is 2.90. The SMILES string of the molecule is C=CCN(CC(=O)N(Cc1ccccc1)Cc1cccn1C)C(=O)c1ccc(Br)cc1. The average Bonchev–Trinajstić information content (AvgIpc) is 3.18. The molecule has 0 spiro atoms. The van der Waals surface area contributed by atoms with Crippen LogP contribution in [-0.2, 0) is 24.9 Å². The molecule has 0 aliphatic heterocycles. The lowest BCUT2D eigenvalue weighted by molar-refractivity contribution is -0.133. The molecule has 3 aromatic rings. The fraction of sp³-hybridized carbons (Fsp3) is 0.200. The molecule has 0 aliphatic rings. The number of benzene rings is 2. The van der Waals surface area contributed by atoms with E-state index in [0.29, 0.717) is 25.2 Å². The second-order valence-corrected chi connectivity index (χ2v) is 8.24. The first-order chi connectivity index (χ1) is 15.0. The van der Waals surface area contributed by atoms with E-state index in [1.54, 1.807) is 23.1 Å². The summed E-state index contributed by atoms with van der Waals surface area (Å²) in [5.41, 5.74) is 2.60. The largest absolute Gasteiger partial charge is 0.353 e. The molecule has 1 aromatic heterocycles. The first kappa shape index (κ1) is 22.6. The number of aryl methyl sites for hydroxylation is 1. The third-order valence-corrected chi connectivity index (χ3v) is 5.56. The Morgan fingerprint density at radius 1 is 0.968 bits per heavy atom. The molecule has 5 nitrogen and oxygen atoms in total. The number of nitrogens with zero attached hydrogens (tertiary/aromatic N) is 3. The maximum absolute atomic E-state index is 13.3. The smallest absolute Gasteiger partial charge is 0.254 e. The summed E-state index contributed by atoms with van der Waals surface area (Å²) in [6, 6.07) is 21.0. The topological polar surface area (TPSA) is 45.6 Å². The Balaban J connectivity index is 1.80. The summed E-state index contributed by atoms with van der Waals surface area (Å²) in [5.74, 6) is -0.309. The van der Waals surface area contributed by atoms with Crippen molar-refractivity contribution in [3.63, 3.8) is 0 Å². The normalized spacial score (nSPS) is 10.5. The lowest BCUT2D eigenvalue weighted by atomic mass is 10.2. The van der Waals surface area contributed by atoms with Gasteiger partial charge in [-0.3, -0.25) is 9.59 Å². The van der Waals surface area contributed by atoms with Crippen molar-refractivity contribution in [3.8, 4) is 0 Å². The third-order valence-electron chi connectivity index (χ3n) is 5.03. The van der Waals surface area contributed by atoms with Crippen LogP contribution in [0.15, 0.2) is 90.1 Å². The Kier molecular flexibility index (Phi) is 7.84. The maximum Gasteiger partial charge on any atom is 0.254 e. The van der Waals surface area contributed by atoms with Gasteiger partial charge in [0.2, 0.25) is 5.91 Å². The molecule has 31 heavy (non-hydrogen) atoms. The van der Waals surface area contributed by atoms with Crippen molar-refractivity contribution in [1.82, 2.24) is 14.4 Å². The van der Waals surface area contributed by atoms with Crippen LogP contribution in [0.25, 0.3) is 0 Å². The van der Waals surface area contributed by atoms with E-state index in [2.05, 4.69) is 22.5 Å². The van der Waals surface area contributed by atoms with Gasteiger partial charge in [0.1, 0.15) is 6.54 Å². The minimum atomic E-state index is -0.195. The van der Waals surface area contributed by atoms with Gasteiger partial charge in [0.25, 0.3) is 5.91 Å². The number of aromatic nitrogens is 1. The van der Waals surface area contributed by atoms with Gasteiger partial charge in [0, 0.05) is 42.1 Å². The van der Waals surface area contributed by atoms with Gasteiger partial charge < -0.3 is 14.4 Å². The van der Waals surface area contributed by atoms with E-state index in [9.17, 15) is 9.59 Å². The van der Waals surface area contributed by atoms with Gasteiger partial charge in [-0.15, -0.1) is 6.58 Å². The second kappa shape index (κ2) is 10.8. The number of amides is 2. The fourth-order valence-corrected chi connectivity index (χ4v) is 3.57. The van der Waals surface area contributed by atoms with E-state index in [-0.39, 0.29) is 18.4 Å². The highest BCUT2D eigenvalue weighted by atomic mass is 79.9. The first-order valence-electron chi connectivity index (χ1n) is 10.1. The number of hydrogen-bond donors (Lipinski definition) is 0. The zero-order valence-corrected chi connectivity index (χ0v) is 19.2. The van der Waals surface area contributed by atoms with E-state index < -0.39 is 0 Å². The van der Waals surface area contributed by atoms with Crippen LogP contribution in [0.5, 0.6) is 0 Å². The van der Waals surface area contributed by atoms with Crippen molar-refractivity contribution in [2.75, 3.05) is 13.1 Å². The Labute approximate surface area is 191 Å². The maximum atomic E-state index is 13.3. The van der Waals surface area contributed by atoms with Crippen molar-refractivity contribution < 1.29 is 9.59 Å². The molecule has 0 radical (unpaired) electrons. The highest BCUT2D eigenvalue weighted by molar-refractivity contribution is 9.10. The predicted molar refractivity (Wildman–Crippen MR) is 126 cm³/mol. The second-order valence-electron chi connectivity index (χ2n) is 7.33. The quantitative estimate of drug-likeness (QED) is 0.419. The molecule has 1 heterocycles. The molecule has 0 saturated carbocycles. The van der Waals surface area contributed by atoms with Crippen molar-refractivity contribution in [2.24, 2.45) is 7.05 Å². The zero-order chi connectivity index (χ0) is 22.2. The summed E-state index contributed by atoms with van der Waals surface area (Å²) in [5, 5.41) is 0. The highest BCUT2D eigenvalue weighted by Gasteiger charge is 2.22. The van der Waals surface area contributed by atoms with Gasteiger partial charge >= 0.3 is 0 Å². The van der Waals surface area contributed by atoms with Crippen LogP contribution in [0.3, 0.4) is 0 Å². The van der Waals surface area contributed by atoms with Crippen LogP contribution in [0.2, 0.25) is 0 Å². The van der Waals surface area contributed by atoms with E-state index in [1.807, 2.05) is 72.4 Å². The van der Waals surface area contributed by atoms with E-state index >= 15 is 0 Å². The molecule has 0 aliphatic carbocycles. The molecule has 0 unspecified atom stereocenters. The Morgan fingerprint density at radius 2 is 1.68 bits per heavy atom. The van der Waals surface area contributed by atoms with Gasteiger partial charge in [-0.1, -0.05) is 52.3 Å². The van der Waals surface area contributed by atoms with Crippen LogP contribution in [0.4, 0.5) is 0 Å². The monoisotopic (exact) mass is 479 g/mol. The molecule has 2 amide bonds. The molecular weight excluding hydrogens is 454 g/mol. The van der Waals surface area contributed by atoms with Gasteiger partial charge in [-0.2, -0.15) is 0 Å². The lowest BCUT2D eigenvalue weighted by Crippen LogP contribution is -2.42. The Bertz CT molecular complexity index is 1030. The van der Waals surface area contributed by atoms with Crippen molar-refractivity contribution in [3.05, 3.63) is 107 Å². The van der Waals surface area contributed by atoms with Gasteiger partial charge in [-0.25, -0.2) is 0 Å². The number of carbonyl (C=O) groups is 2. The molecule has 6 heteroatoms. The molecular formula is C25H26BrN3O2. The molecule has 0 N–H and O–H groups in total. The summed E-state index contributed by atoms with van der Waals surface area (Å²) in [6.45, 7) is 4.97. The van der Waals surface area contributed by atoms with Gasteiger partial charge in [-0.05, 0) is 42.0 Å². The zero-order valence-electron chi connectivity index (χ0n) is 17.6. The third kappa shape index (κ3) is 6.18. The molecule has 2 aromatic carbocycles. The molecule has 3 rings (SSSR count). The van der Waals surface area contributed by atoms with Crippen LogP contribution in [0, 0.1) is 0 Å². The minimum absolute atomic E-state index is 0.0157. The van der Waals surface area contributed by atoms with E-state index in [0.717, 1.165) is 15.7 Å². The van der Waals surface area contributed by atoms with Crippen LogP contribution in [0.1, 0.15) is 21.6 Å². The van der Waals surface area contributed by atoms with Crippen LogP contribution < -0.4 is 0 Å². The molecule has 0 saturated heterocycles. The lowest BCUT2D eigenvalue weighted by Gasteiger charge is -2.27. The predicted octanol–water partition coefficient (Wildman–Crippen LogP) is 4.64. The molecule has 0 atom stereocenters. The minimum Gasteiger partial charge on any atom is -0.353 e. The Morgan fingerprint density at radius 3 is 2.29 bits per heavy atom. The molecule has 160 valence electrons. The number of carbonyl (C=O) groups excluding carboxylic acids is 2. The molecule has 0 fully saturated rings. The summed E-state index contributed by atoms with van der Waals surface area (Å²) >= 11 is 3.38. The molecule has 0 bridgehead atoms. The van der Waals surface area contributed by atoms with Crippen LogP contribution in [-0.4, -0.2) is 39.3 Å². The standard InChI is InChI=1S/C25H26BrN3O2/c1-3-15-28(25(31)21-11-13-22(26)14-12-21)19-24(30)29(17-20-8-5-4-6-9-20)18-23-10-7-16-27(23)2/h3-14,16H,1,15,17-19H2,2H3. The number of halogens is 1. The van der Waals surface area contributed by atoms with E-state index in [4.69, 9.17) is 0 Å². The Hall–Kier alpha value is -3.12. The van der Waals surface area contributed by atoms with Crippen molar-refractivity contribution in [1.29, 1.82) is 0 Å². The first-order valence-corrected chi connectivity index (χ1v) is 10.8.